The zero-order valence-corrected chi connectivity index (χ0v) is 4.72. The molecular weight excluding hydrogens is 122 g/mol. The van der Waals surface area contributed by atoms with Crippen LogP contribution in [0, 0.1) is 6.33 Å². The first-order valence-corrected chi connectivity index (χ1v) is 2.90. The van der Waals surface area contributed by atoms with Crippen LogP contribution in [-0.4, -0.2) is 13.8 Å². The van der Waals surface area contributed by atoms with Gasteiger partial charge in [-0.05, 0) is 0 Å². The lowest BCUT2D eigenvalue weighted by Gasteiger charge is -1.67. The number of imidazole rings is 1. The van der Waals surface area contributed by atoms with Crippen molar-refractivity contribution in [1.29, 1.82) is 0 Å². The van der Waals surface area contributed by atoms with E-state index in [1.807, 2.05) is 6.20 Å². The molecule has 0 spiro atoms. The first kappa shape index (κ1) is 4.03. The third-order valence-corrected chi connectivity index (χ3v) is 1.52. The molecule has 2 heterocycles. The SMILES string of the molecule is [c]1nsc2nccn12. The highest BCUT2D eigenvalue weighted by atomic mass is 32.1. The summed E-state index contributed by atoms with van der Waals surface area (Å²) >= 11 is 1.34. The van der Waals surface area contributed by atoms with Gasteiger partial charge >= 0.3 is 0 Å². The van der Waals surface area contributed by atoms with Gasteiger partial charge in [0.2, 0.25) is 4.96 Å². The second-order valence-electron chi connectivity index (χ2n) is 1.36. The van der Waals surface area contributed by atoms with Gasteiger partial charge in [0.1, 0.15) is 0 Å². The lowest BCUT2D eigenvalue weighted by molar-refractivity contribution is 1.16. The van der Waals surface area contributed by atoms with Gasteiger partial charge in [-0.3, -0.25) is 4.40 Å². The molecular formula is C4H2N3S. The molecule has 4 heteroatoms. The lowest BCUT2D eigenvalue weighted by atomic mass is 10.9. The van der Waals surface area contributed by atoms with Gasteiger partial charge in [-0.1, -0.05) is 0 Å². The molecule has 8 heavy (non-hydrogen) atoms. The maximum absolute atomic E-state index is 3.97. The number of rotatable bonds is 0. The first-order valence-electron chi connectivity index (χ1n) is 2.13. The minimum atomic E-state index is 0.894. The topological polar surface area (TPSA) is 30.2 Å². The van der Waals surface area contributed by atoms with E-state index in [-0.39, 0.29) is 0 Å². The standard InChI is InChI=1S/C4H2N3S/c1-2-7-3-6-8-4(7)5-1/h1-2H. The fourth-order valence-electron chi connectivity index (χ4n) is 0.539. The van der Waals surface area contributed by atoms with Gasteiger partial charge in [0.25, 0.3) is 0 Å². The van der Waals surface area contributed by atoms with Gasteiger partial charge in [-0.15, -0.1) is 0 Å². The van der Waals surface area contributed by atoms with Crippen molar-refractivity contribution >= 4 is 16.5 Å². The summed E-state index contributed by atoms with van der Waals surface area (Å²) in [6, 6.07) is 0. The summed E-state index contributed by atoms with van der Waals surface area (Å²) < 4.78 is 5.53. The van der Waals surface area contributed by atoms with Crippen LogP contribution in [-0.2, 0) is 0 Å². The molecule has 39 valence electrons. The largest absolute Gasteiger partial charge is 0.270 e. The van der Waals surface area contributed by atoms with E-state index in [0.29, 0.717) is 0 Å². The Morgan fingerprint density at radius 1 is 1.75 bits per heavy atom. The van der Waals surface area contributed by atoms with Gasteiger partial charge in [0, 0.05) is 23.9 Å². The molecule has 0 saturated carbocycles. The Labute approximate surface area is 49.8 Å². The Bertz CT molecular complexity index is 233. The summed E-state index contributed by atoms with van der Waals surface area (Å²) in [5, 5.41) is 0. The molecule has 1 radical (unpaired) electrons. The highest BCUT2D eigenvalue weighted by Crippen LogP contribution is 2.01. The van der Waals surface area contributed by atoms with E-state index in [1.165, 1.54) is 11.5 Å². The lowest BCUT2D eigenvalue weighted by Crippen LogP contribution is -1.68. The first-order chi connectivity index (χ1) is 3.97. The molecule has 0 atom stereocenters. The van der Waals surface area contributed by atoms with E-state index < -0.39 is 0 Å². The molecule has 0 bridgehead atoms. The third-order valence-electron chi connectivity index (χ3n) is 0.883. The molecule has 0 saturated heterocycles. The Hall–Kier alpha value is -0.900. The van der Waals surface area contributed by atoms with Gasteiger partial charge in [0.05, 0.1) is 0 Å². The van der Waals surface area contributed by atoms with Crippen LogP contribution >= 0.6 is 11.5 Å². The van der Waals surface area contributed by atoms with Crippen LogP contribution in [0.4, 0.5) is 0 Å². The highest BCUT2D eigenvalue weighted by Gasteiger charge is 1.91. The normalized spacial score (nSPS) is 10.5. The molecule has 2 rings (SSSR count). The number of nitrogens with zero attached hydrogens (tertiary/aromatic N) is 3. The molecule has 0 aromatic carbocycles. The van der Waals surface area contributed by atoms with Gasteiger partial charge in [-0.25, -0.2) is 4.98 Å². The van der Waals surface area contributed by atoms with E-state index in [1.54, 1.807) is 10.6 Å². The number of aromatic nitrogens is 3. The average Bonchev–Trinajstić information content (AvgIpc) is 2.15. The minimum Gasteiger partial charge on any atom is -0.270 e. The van der Waals surface area contributed by atoms with E-state index in [2.05, 4.69) is 15.7 Å². The van der Waals surface area contributed by atoms with Crippen LogP contribution in [0.25, 0.3) is 4.96 Å². The zero-order valence-electron chi connectivity index (χ0n) is 3.90. The molecule has 2 aromatic heterocycles. The number of fused-ring (bicyclic) bond motifs is 1. The Kier molecular flexibility index (Phi) is 0.648. The maximum Gasteiger partial charge on any atom is 0.213 e. The summed E-state index contributed by atoms with van der Waals surface area (Å²) in [6.45, 7) is 0. The minimum absolute atomic E-state index is 0.894. The van der Waals surface area contributed by atoms with Crippen molar-refractivity contribution < 1.29 is 0 Å². The molecule has 0 unspecified atom stereocenters. The quantitative estimate of drug-likeness (QED) is 0.514. The predicted molar refractivity (Wildman–Crippen MR) is 29.7 cm³/mol. The van der Waals surface area contributed by atoms with Crippen molar-refractivity contribution in [2.75, 3.05) is 0 Å². The summed E-state index contributed by atoms with van der Waals surface area (Å²) in [4.78, 5) is 4.86. The molecule has 0 amide bonds. The van der Waals surface area contributed by atoms with Crippen LogP contribution in [0.3, 0.4) is 0 Å². The third kappa shape index (κ3) is 0.376. The molecule has 0 fully saturated rings. The van der Waals surface area contributed by atoms with E-state index >= 15 is 0 Å². The number of hydrogen-bond donors (Lipinski definition) is 0. The average molecular weight is 124 g/mol. The summed E-state index contributed by atoms with van der Waals surface area (Å²) in [7, 11) is 0. The van der Waals surface area contributed by atoms with Crippen molar-refractivity contribution in [3.8, 4) is 0 Å². The Balaban J connectivity index is 3.06. The van der Waals surface area contributed by atoms with Crippen LogP contribution < -0.4 is 0 Å². The smallest absolute Gasteiger partial charge is 0.213 e. The monoisotopic (exact) mass is 124 g/mol. The molecule has 0 aliphatic rings. The fourth-order valence-corrected chi connectivity index (χ4v) is 1.05. The summed E-state index contributed by atoms with van der Waals surface area (Å²) in [5.41, 5.74) is 0. The second kappa shape index (κ2) is 1.29. The maximum atomic E-state index is 3.97. The molecule has 0 aliphatic heterocycles. The van der Waals surface area contributed by atoms with Crippen LogP contribution in [0.2, 0.25) is 0 Å². The van der Waals surface area contributed by atoms with Crippen molar-refractivity contribution in [3.63, 3.8) is 0 Å². The summed E-state index contributed by atoms with van der Waals surface area (Å²) in [5.74, 6) is 0. The molecule has 2 aromatic rings. The molecule has 3 nitrogen and oxygen atoms in total. The van der Waals surface area contributed by atoms with Crippen molar-refractivity contribution in [1.82, 2.24) is 13.8 Å². The zero-order chi connectivity index (χ0) is 5.40. The highest BCUT2D eigenvalue weighted by molar-refractivity contribution is 7.11. The fraction of sp³-hybridized carbons (Fsp3) is 0. The predicted octanol–water partition coefficient (Wildman–Crippen LogP) is 0.591. The van der Waals surface area contributed by atoms with Gasteiger partial charge < -0.3 is 0 Å². The molecule has 0 N–H and O–H groups in total. The van der Waals surface area contributed by atoms with E-state index in [4.69, 9.17) is 0 Å². The molecule has 0 aliphatic carbocycles. The van der Waals surface area contributed by atoms with Gasteiger partial charge in [0.15, 0.2) is 6.33 Å². The van der Waals surface area contributed by atoms with Crippen LogP contribution in [0.5, 0.6) is 0 Å². The van der Waals surface area contributed by atoms with Crippen LogP contribution in [0.1, 0.15) is 0 Å². The van der Waals surface area contributed by atoms with Crippen molar-refractivity contribution in [3.05, 3.63) is 18.7 Å². The second-order valence-corrected chi connectivity index (χ2v) is 2.09. The number of hydrogen-bond acceptors (Lipinski definition) is 3. The van der Waals surface area contributed by atoms with Crippen LogP contribution in [0.15, 0.2) is 12.4 Å². The van der Waals surface area contributed by atoms with E-state index in [0.717, 1.165) is 4.96 Å². The summed E-state index contributed by atoms with van der Waals surface area (Å²) in [6.07, 6.45) is 6.27. The Morgan fingerprint density at radius 3 is 3.62 bits per heavy atom. The van der Waals surface area contributed by atoms with Gasteiger partial charge in [-0.2, -0.15) is 4.37 Å². The van der Waals surface area contributed by atoms with Crippen molar-refractivity contribution in [2.24, 2.45) is 0 Å². The Morgan fingerprint density at radius 2 is 2.75 bits per heavy atom. The van der Waals surface area contributed by atoms with E-state index in [9.17, 15) is 0 Å². The van der Waals surface area contributed by atoms with Crippen molar-refractivity contribution in [2.45, 2.75) is 0 Å².